The van der Waals surface area contributed by atoms with E-state index in [2.05, 4.69) is 23.0 Å². The summed E-state index contributed by atoms with van der Waals surface area (Å²) in [5.41, 5.74) is 1.29. The maximum Gasteiger partial charge on any atom is 0.0644 e. The monoisotopic (exact) mass is 335 g/mol. The zero-order chi connectivity index (χ0) is 16.8. The van der Waals surface area contributed by atoms with Crippen LogP contribution in [0.25, 0.3) is 0 Å². The Morgan fingerprint density at radius 1 is 1.17 bits per heavy atom. The number of aromatic nitrogens is 2. The highest BCUT2D eigenvalue weighted by molar-refractivity contribution is 5.09. The van der Waals surface area contributed by atoms with Gasteiger partial charge in [-0.25, -0.2) is 0 Å². The molecule has 0 aromatic carbocycles. The summed E-state index contributed by atoms with van der Waals surface area (Å²) in [7, 11) is 0. The first-order chi connectivity index (χ1) is 11.8. The van der Waals surface area contributed by atoms with Crippen molar-refractivity contribution in [3.63, 3.8) is 0 Å². The van der Waals surface area contributed by atoms with Crippen molar-refractivity contribution in [3.05, 3.63) is 18.0 Å². The number of likely N-dealkylation sites (tertiary alicyclic amines) is 1. The van der Waals surface area contributed by atoms with Crippen LogP contribution in [0.3, 0.4) is 0 Å². The molecule has 2 aliphatic rings. The van der Waals surface area contributed by atoms with Crippen LogP contribution >= 0.6 is 0 Å². The van der Waals surface area contributed by atoms with E-state index in [0.29, 0.717) is 18.6 Å². The van der Waals surface area contributed by atoms with Crippen molar-refractivity contribution in [2.24, 2.45) is 5.92 Å². The van der Waals surface area contributed by atoms with E-state index in [0.717, 1.165) is 32.2 Å². The van der Waals surface area contributed by atoms with Crippen molar-refractivity contribution in [1.82, 2.24) is 14.7 Å². The molecule has 24 heavy (non-hydrogen) atoms. The van der Waals surface area contributed by atoms with Gasteiger partial charge >= 0.3 is 0 Å². The Morgan fingerprint density at radius 3 is 2.71 bits per heavy atom. The zero-order valence-corrected chi connectivity index (χ0v) is 15.1. The molecule has 1 aliphatic heterocycles. The minimum atomic E-state index is 0.157. The summed E-state index contributed by atoms with van der Waals surface area (Å²) in [6, 6.07) is 2.11. The number of nitrogens with zero attached hydrogens (tertiary/aromatic N) is 3. The summed E-state index contributed by atoms with van der Waals surface area (Å²) in [5.74, 6) is 1.31. The Hall–Kier alpha value is -0.910. The highest BCUT2D eigenvalue weighted by atomic mass is 16.5. The Labute approximate surface area is 146 Å². The molecule has 1 saturated heterocycles. The van der Waals surface area contributed by atoms with Gasteiger partial charge in [0.2, 0.25) is 0 Å². The maximum absolute atomic E-state index is 9.14. The largest absolute Gasteiger partial charge is 0.394 e. The second-order valence-electron chi connectivity index (χ2n) is 7.49. The Balaban J connectivity index is 1.38. The molecule has 5 heteroatoms. The average molecular weight is 335 g/mol. The van der Waals surface area contributed by atoms with Gasteiger partial charge in [-0.2, -0.15) is 5.10 Å². The minimum Gasteiger partial charge on any atom is -0.394 e. The molecule has 1 saturated carbocycles. The number of rotatable bonds is 7. The highest BCUT2D eigenvalue weighted by Gasteiger charge is 2.24. The highest BCUT2D eigenvalue weighted by Crippen LogP contribution is 2.28. The average Bonchev–Trinajstić information content (AvgIpc) is 3.06. The van der Waals surface area contributed by atoms with Crippen molar-refractivity contribution >= 4 is 0 Å². The van der Waals surface area contributed by atoms with Crippen molar-refractivity contribution in [2.75, 3.05) is 32.8 Å². The minimum absolute atomic E-state index is 0.157. The molecular formula is C19H33N3O2. The van der Waals surface area contributed by atoms with Crippen LogP contribution < -0.4 is 0 Å². The van der Waals surface area contributed by atoms with Crippen LogP contribution in [-0.4, -0.2) is 58.7 Å². The second kappa shape index (κ2) is 8.97. The molecule has 136 valence electrons. The van der Waals surface area contributed by atoms with Crippen LogP contribution in [0, 0.1) is 5.92 Å². The third-order valence-corrected chi connectivity index (χ3v) is 5.84. The smallest absolute Gasteiger partial charge is 0.0644 e. The SMILES string of the molecule is C[C@@H]1CCCC[C@@H]1OCCN1CCC(c2ccnn2CCO)CC1. The third kappa shape index (κ3) is 4.58. The summed E-state index contributed by atoms with van der Waals surface area (Å²) >= 11 is 0. The first kappa shape index (κ1) is 17.9. The molecular weight excluding hydrogens is 302 g/mol. The Kier molecular flexibility index (Phi) is 6.69. The van der Waals surface area contributed by atoms with Crippen LogP contribution in [0.15, 0.2) is 12.3 Å². The lowest BCUT2D eigenvalue weighted by molar-refractivity contribution is -0.0157. The number of aliphatic hydroxyl groups excluding tert-OH is 1. The fraction of sp³-hybridized carbons (Fsp3) is 0.842. The van der Waals surface area contributed by atoms with Gasteiger partial charge in [0.25, 0.3) is 0 Å². The molecule has 1 aromatic rings. The van der Waals surface area contributed by atoms with Crippen LogP contribution in [0.5, 0.6) is 0 Å². The molecule has 3 rings (SSSR count). The molecule has 0 radical (unpaired) electrons. The molecule has 1 aliphatic carbocycles. The number of hydrogen-bond donors (Lipinski definition) is 1. The molecule has 5 nitrogen and oxygen atoms in total. The van der Waals surface area contributed by atoms with Crippen LogP contribution in [0.1, 0.15) is 57.1 Å². The lowest BCUT2D eigenvalue weighted by Crippen LogP contribution is -2.37. The number of hydrogen-bond acceptors (Lipinski definition) is 4. The van der Waals surface area contributed by atoms with Gasteiger partial charge in [0, 0.05) is 24.4 Å². The predicted molar refractivity (Wildman–Crippen MR) is 95.1 cm³/mol. The fourth-order valence-electron chi connectivity index (χ4n) is 4.29. The van der Waals surface area contributed by atoms with Gasteiger partial charge in [0.05, 0.1) is 25.9 Å². The van der Waals surface area contributed by atoms with Crippen LogP contribution in [-0.2, 0) is 11.3 Å². The van der Waals surface area contributed by atoms with Gasteiger partial charge in [0.15, 0.2) is 0 Å². The Bertz CT molecular complexity index is 483. The van der Waals surface area contributed by atoms with Gasteiger partial charge in [-0.3, -0.25) is 4.68 Å². The normalized spacial score (nSPS) is 26.8. The van der Waals surface area contributed by atoms with Crippen molar-refractivity contribution in [3.8, 4) is 0 Å². The van der Waals surface area contributed by atoms with E-state index in [1.54, 1.807) is 0 Å². The molecule has 2 heterocycles. The van der Waals surface area contributed by atoms with E-state index in [1.165, 1.54) is 44.2 Å². The molecule has 1 aromatic heterocycles. The quantitative estimate of drug-likeness (QED) is 0.832. The van der Waals surface area contributed by atoms with Crippen molar-refractivity contribution < 1.29 is 9.84 Å². The Morgan fingerprint density at radius 2 is 1.96 bits per heavy atom. The predicted octanol–water partition coefficient (Wildman–Crippen LogP) is 2.65. The molecule has 2 fully saturated rings. The van der Waals surface area contributed by atoms with Crippen LogP contribution in [0.2, 0.25) is 0 Å². The van der Waals surface area contributed by atoms with Gasteiger partial charge in [-0.1, -0.05) is 19.8 Å². The van der Waals surface area contributed by atoms with Crippen molar-refractivity contribution in [2.45, 2.75) is 64.0 Å². The van der Waals surface area contributed by atoms with Gasteiger partial charge in [-0.05, 0) is 50.8 Å². The van der Waals surface area contributed by atoms with E-state index in [1.807, 2.05) is 10.9 Å². The van der Waals surface area contributed by atoms with Crippen molar-refractivity contribution in [1.29, 1.82) is 0 Å². The lowest BCUT2D eigenvalue weighted by atomic mass is 9.88. The third-order valence-electron chi connectivity index (χ3n) is 5.84. The summed E-state index contributed by atoms with van der Waals surface area (Å²) < 4.78 is 8.13. The molecule has 0 spiro atoms. The summed E-state index contributed by atoms with van der Waals surface area (Å²) in [6.45, 7) is 7.32. The molecule has 0 bridgehead atoms. The number of ether oxygens (including phenoxy) is 1. The first-order valence-electron chi connectivity index (χ1n) is 9.74. The van der Waals surface area contributed by atoms with E-state index >= 15 is 0 Å². The molecule has 1 N–H and O–H groups in total. The van der Waals surface area contributed by atoms with E-state index < -0.39 is 0 Å². The first-order valence-corrected chi connectivity index (χ1v) is 9.74. The number of piperidine rings is 1. The molecule has 2 atom stereocenters. The van der Waals surface area contributed by atoms with Gasteiger partial charge in [0.1, 0.15) is 0 Å². The molecule has 0 unspecified atom stereocenters. The maximum atomic E-state index is 9.14. The van der Waals surface area contributed by atoms with E-state index in [-0.39, 0.29) is 6.61 Å². The van der Waals surface area contributed by atoms with E-state index in [4.69, 9.17) is 9.84 Å². The second-order valence-corrected chi connectivity index (χ2v) is 7.49. The number of aliphatic hydroxyl groups is 1. The summed E-state index contributed by atoms with van der Waals surface area (Å²) in [4.78, 5) is 2.54. The summed E-state index contributed by atoms with van der Waals surface area (Å²) in [5, 5.41) is 13.5. The zero-order valence-electron chi connectivity index (χ0n) is 15.1. The van der Waals surface area contributed by atoms with Gasteiger partial charge in [-0.15, -0.1) is 0 Å². The van der Waals surface area contributed by atoms with E-state index in [9.17, 15) is 0 Å². The molecule has 0 amide bonds. The van der Waals surface area contributed by atoms with Gasteiger partial charge < -0.3 is 14.7 Å². The topological polar surface area (TPSA) is 50.5 Å². The lowest BCUT2D eigenvalue weighted by Gasteiger charge is -2.33. The summed E-state index contributed by atoms with van der Waals surface area (Å²) in [6.07, 6.45) is 9.99. The standard InChI is InChI=1S/C19H33N3O2/c1-16-4-2-3-5-19(16)24-15-13-21-10-7-17(8-11-21)18-6-9-20-22(18)12-14-23/h6,9,16-17,19,23H,2-5,7-8,10-15H2,1H3/t16-,19+/m1/s1. The fourth-order valence-corrected chi connectivity index (χ4v) is 4.29. The van der Waals surface area contributed by atoms with Crippen LogP contribution in [0.4, 0.5) is 0 Å².